The van der Waals surface area contributed by atoms with Crippen LogP contribution in [0, 0.1) is 5.82 Å². The van der Waals surface area contributed by atoms with Crippen molar-refractivity contribution in [2.45, 2.75) is 10.9 Å². The molecule has 0 amide bonds. The molecule has 0 saturated heterocycles. The third-order valence-electron chi connectivity index (χ3n) is 5.18. The molecule has 152 valence electrons. The number of thioether (sulfide) groups is 1. The van der Waals surface area contributed by atoms with Crippen LogP contribution in [0.1, 0.15) is 5.56 Å². The average Bonchev–Trinajstić information content (AvgIpc) is 3.18. The first-order valence-corrected chi connectivity index (χ1v) is 10.9. The Kier molecular flexibility index (Phi) is 5.22. The first kappa shape index (κ1) is 19.5. The maximum Gasteiger partial charge on any atom is 0.191 e. The molecule has 5 rings (SSSR count). The third-order valence-corrected chi connectivity index (χ3v) is 6.25. The Morgan fingerprint density at radius 1 is 0.871 bits per heavy atom. The monoisotopic (exact) mass is 426 g/mol. The molecule has 6 heteroatoms. The molecule has 0 unspecified atom stereocenters. The fourth-order valence-electron chi connectivity index (χ4n) is 3.55. The van der Waals surface area contributed by atoms with Gasteiger partial charge in [-0.3, -0.25) is 0 Å². The highest BCUT2D eigenvalue weighted by Gasteiger charge is 2.16. The minimum atomic E-state index is -0.204. The second-order valence-corrected chi connectivity index (χ2v) is 8.13. The smallest absolute Gasteiger partial charge is 0.191 e. The summed E-state index contributed by atoms with van der Waals surface area (Å²) in [7, 11) is 1.94. The van der Waals surface area contributed by atoms with E-state index in [-0.39, 0.29) is 5.82 Å². The Labute approximate surface area is 183 Å². The summed E-state index contributed by atoms with van der Waals surface area (Å²) < 4.78 is 15.9. The summed E-state index contributed by atoms with van der Waals surface area (Å²) in [5.74, 6) is 1.04. The molecular formula is C25H19FN4S. The molecule has 0 spiro atoms. The lowest BCUT2D eigenvalue weighted by atomic mass is 10.0. The predicted octanol–water partition coefficient (Wildman–Crippen LogP) is 6.13. The van der Waals surface area contributed by atoms with Crippen molar-refractivity contribution >= 4 is 22.7 Å². The van der Waals surface area contributed by atoms with Crippen molar-refractivity contribution in [1.82, 2.24) is 19.7 Å². The van der Waals surface area contributed by atoms with Gasteiger partial charge in [-0.15, -0.1) is 10.2 Å². The first-order valence-electron chi connectivity index (χ1n) is 9.92. The largest absolute Gasteiger partial charge is 0.305 e. The van der Waals surface area contributed by atoms with Crippen LogP contribution in [0.2, 0.25) is 0 Å². The molecule has 0 fully saturated rings. The van der Waals surface area contributed by atoms with Gasteiger partial charge >= 0.3 is 0 Å². The normalized spacial score (nSPS) is 11.2. The molecule has 2 heterocycles. The Hall–Kier alpha value is -3.51. The van der Waals surface area contributed by atoms with Crippen LogP contribution in [0.15, 0.2) is 90.1 Å². The quantitative estimate of drug-likeness (QED) is 0.317. The van der Waals surface area contributed by atoms with E-state index in [4.69, 9.17) is 4.98 Å². The maximum atomic E-state index is 14.0. The molecule has 0 bridgehead atoms. The van der Waals surface area contributed by atoms with Gasteiger partial charge in [-0.25, -0.2) is 9.37 Å². The number of benzene rings is 3. The van der Waals surface area contributed by atoms with Crippen LogP contribution in [0.3, 0.4) is 0 Å². The summed E-state index contributed by atoms with van der Waals surface area (Å²) >= 11 is 1.47. The van der Waals surface area contributed by atoms with Gasteiger partial charge in [0.2, 0.25) is 0 Å². The second-order valence-electron chi connectivity index (χ2n) is 7.18. The number of rotatable bonds is 5. The van der Waals surface area contributed by atoms with Gasteiger partial charge in [0.05, 0.1) is 11.2 Å². The molecule has 0 aliphatic heterocycles. The molecule has 3 aromatic carbocycles. The van der Waals surface area contributed by atoms with Gasteiger partial charge in [0, 0.05) is 29.3 Å². The minimum Gasteiger partial charge on any atom is -0.305 e. The average molecular weight is 427 g/mol. The van der Waals surface area contributed by atoms with Gasteiger partial charge in [-0.05, 0) is 23.8 Å². The molecule has 0 N–H and O–H groups in total. The SMILES string of the molecule is Cn1c(SCc2ccccc2F)nnc1-c1cc(-c2ccccc2)nc2ccccc12. The van der Waals surface area contributed by atoms with E-state index in [1.165, 1.54) is 17.8 Å². The highest BCUT2D eigenvalue weighted by molar-refractivity contribution is 7.98. The van der Waals surface area contributed by atoms with Crippen molar-refractivity contribution in [2.24, 2.45) is 7.05 Å². The van der Waals surface area contributed by atoms with Crippen LogP contribution in [0.4, 0.5) is 4.39 Å². The summed E-state index contributed by atoms with van der Waals surface area (Å²) in [6.45, 7) is 0. The van der Waals surface area contributed by atoms with Gasteiger partial charge in [-0.1, -0.05) is 78.5 Å². The molecule has 0 aliphatic carbocycles. The van der Waals surface area contributed by atoms with Crippen molar-refractivity contribution in [1.29, 1.82) is 0 Å². The number of halogens is 1. The number of hydrogen-bond acceptors (Lipinski definition) is 4. The van der Waals surface area contributed by atoms with E-state index in [1.807, 2.05) is 72.3 Å². The molecule has 4 nitrogen and oxygen atoms in total. The fraction of sp³-hybridized carbons (Fsp3) is 0.0800. The second kappa shape index (κ2) is 8.32. The summed E-state index contributed by atoms with van der Waals surface area (Å²) in [4.78, 5) is 4.85. The van der Waals surface area contributed by atoms with Crippen LogP contribution in [0.5, 0.6) is 0 Å². The number of nitrogens with zero attached hydrogens (tertiary/aromatic N) is 4. The Morgan fingerprint density at radius 2 is 1.61 bits per heavy atom. The van der Waals surface area contributed by atoms with E-state index in [0.717, 1.165) is 38.7 Å². The highest BCUT2D eigenvalue weighted by atomic mass is 32.2. The Morgan fingerprint density at radius 3 is 2.45 bits per heavy atom. The van der Waals surface area contributed by atoms with Gasteiger partial charge in [-0.2, -0.15) is 0 Å². The molecule has 2 aromatic heterocycles. The lowest BCUT2D eigenvalue weighted by Crippen LogP contribution is -1.98. The van der Waals surface area contributed by atoms with E-state index >= 15 is 0 Å². The van der Waals surface area contributed by atoms with E-state index < -0.39 is 0 Å². The number of hydrogen-bond donors (Lipinski definition) is 0. The number of aromatic nitrogens is 4. The molecular weight excluding hydrogens is 407 g/mol. The van der Waals surface area contributed by atoms with Crippen molar-refractivity contribution in [2.75, 3.05) is 0 Å². The van der Waals surface area contributed by atoms with Crippen LogP contribution in [0.25, 0.3) is 33.5 Å². The molecule has 0 radical (unpaired) electrons. The van der Waals surface area contributed by atoms with Crippen molar-refractivity contribution in [3.63, 3.8) is 0 Å². The van der Waals surface area contributed by atoms with Crippen LogP contribution >= 0.6 is 11.8 Å². The Balaban J connectivity index is 1.56. The number of pyridine rings is 1. The zero-order valence-electron chi connectivity index (χ0n) is 16.9. The van der Waals surface area contributed by atoms with Gasteiger partial charge < -0.3 is 4.57 Å². The summed E-state index contributed by atoms with van der Waals surface area (Å²) in [6.07, 6.45) is 0. The van der Waals surface area contributed by atoms with Crippen molar-refractivity contribution in [3.8, 4) is 22.6 Å². The lowest BCUT2D eigenvalue weighted by molar-refractivity contribution is 0.617. The fourth-order valence-corrected chi connectivity index (χ4v) is 4.45. The zero-order valence-corrected chi connectivity index (χ0v) is 17.7. The lowest BCUT2D eigenvalue weighted by Gasteiger charge is -2.10. The first-order chi connectivity index (χ1) is 15.2. The summed E-state index contributed by atoms with van der Waals surface area (Å²) in [5.41, 5.74) is 4.46. The van der Waals surface area contributed by atoms with E-state index in [2.05, 4.69) is 16.3 Å². The van der Waals surface area contributed by atoms with Crippen LogP contribution in [-0.2, 0) is 12.8 Å². The highest BCUT2D eigenvalue weighted by Crippen LogP contribution is 2.33. The number of para-hydroxylation sites is 1. The third kappa shape index (κ3) is 3.82. The topological polar surface area (TPSA) is 43.6 Å². The van der Waals surface area contributed by atoms with E-state index in [0.29, 0.717) is 11.3 Å². The molecule has 31 heavy (non-hydrogen) atoms. The molecule has 0 saturated carbocycles. The van der Waals surface area contributed by atoms with Crippen molar-refractivity contribution < 1.29 is 4.39 Å². The summed E-state index contributed by atoms with van der Waals surface area (Å²) in [5, 5.41) is 10.6. The molecule has 0 atom stereocenters. The zero-order chi connectivity index (χ0) is 21.2. The molecule has 0 aliphatic rings. The van der Waals surface area contributed by atoms with Crippen LogP contribution < -0.4 is 0 Å². The van der Waals surface area contributed by atoms with Crippen LogP contribution in [-0.4, -0.2) is 19.7 Å². The maximum absolute atomic E-state index is 14.0. The van der Waals surface area contributed by atoms with Gasteiger partial charge in [0.25, 0.3) is 0 Å². The number of fused-ring (bicyclic) bond motifs is 1. The predicted molar refractivity (Wildman–Crippen MR) is 123 cm³/mol. The summed E-state index contributed by atoms with van der Waals surface area (Å²) in [6, 6.07) is 27.0. The van der Waals surface area contributed by atoms with E-state index in [1.54, 1.807) is 12.1 Å². The minimum absolute atomic E-state index is 0.204. The van der Waals surface area contributed by atoms with E-state index in [9.17, 15) is 4.39 Å². The standard InChI is InChI=1S/C25H19FN4S/c1-30-24(28-29-25(30)31-16-18-11-5-7-13-21(18)26)20-15-23(17-9-3-2-4-10-17)27-22-14-8-6-12-19(20)22/h2-15H,16H2,1H3. The Bertz CT molecular complexity index is 1360. The van der Waals surface area contributed by atoms with Gasteiger partial charge in [0.15, 0.2) is 11.0 Å². The molecule has 5 aromatic rings. The van der Waals surface area contributed by atoms with Gasteiger partial charge in [0.1, 0.15) is 5.82 Å². The van der Waals surface area contributed by atoms with Crippen molar-refractivity contribution in [3.05, 3.63) is 96.3 Å².